The lowest BCUT2D eigenvalue weighted by molar-refractivity contribution is -0.131. The SMILES string of the molecule is CC(CN)N(C)C(=O)CCn1cccn1. The molecule has 5 nitrogen and oxygen atoms in total. The average Bonchev–Trinajstić information content (AvgIpc) is 2.76. The lowest BCUT2D eigenvalue weighted by atomic mass is 10.2. The second-order valence-electron chi connectivity index (χ2n) is 3.61. The molecule has 0 aliphatic rings. The van der Waals surface area contributed by atoms with Gasteiger partial charge in [-0.2, -0.15) is 5.10 Å². The summed E-state index contributed by atoms with van der Waals surface area (Å²) in [5, 5.41) is 4.03. The summed E-state index contributed by atoms with van der Waals surface area (Å²) in [5.41, 5.74) is 5.49. The number of carbonyl (C=O) groups excluding carboxylic acids is 1. The molecule has 1 rings (SSSR count). The molecule has 0 aliphatic heterocycles. The summed E-state index contributed by atoms with van der Waals surface area (Å²) in [7, 11) is 1.78. The van der Waals surface area contributed by atoms with Crippen molar-refractivity contribution in [3.63, 3.8) is 0 Å². The summed E-state index contributed by atoms with van der Waals surface area (Å²) in [6.45, 7) is 3.04. The van der Waals surface area contributed by atoms with Gasteiger partial charge in [-0.3, -0.25) is 9.48 Å². The molecule has 1 aromatic heterocycles. The van der Waals surface area contributed by atoms with Crippen LogP contribution in [-0.2, 0) is 11.3 Å². The maximum Gasteiger partial charge on any atom is 0.224 e. The Morgan fingerprint density at radius 2 is 2.40 bits per heavy atom. The molecule has 1 unspecified atom stereocenters. The van der Waals surface area contributed by atoms with Crippen LogP contribution in [0.2, 0.25) is 0 Å². The molecule has 0 bridgehead atoms. The molecule has 1 heterocycles. The Morgan fingerprint density at radius 3 is 2.93 bits per heavy atom. The molecular formula is C10H18N4O. The molecule has 0 radical (unpaired) electrons. The van der Waals surface area contributed by atoms with Crippen molar-refractivity contribution in [2.75, 3.05) is 13.6 Å². The van der Waals surface area contributed by atoms with E-state index in [4.69, 9.17) is 5.73 Å². The Balaban J connectivity index is 2.36. The molecule has 0 spiro atoms. The van der Waals surface area contributed by atoms with Crippen molar-refractivity contribution in [1.82, 2.24) is 14.7 Å². The zero-order chi connectivity index (χ0) is 11.3. The number of aromatic nitrogens is 2. The van der Waals surface area contributed by atoms with Crippen LogP contribution < -0.4 is 5.73 Å². The topological polar surface area (TPSA) is 64.2 Å². The zero-order valence-electron chi connectivity index (χ0n) is 9.26. The normalized spacial score (nSPS) is 12.5. The van der Waals surface area contributed by atoms with Crippen LogP contribution in [0.15, 0.2) is 18.5 Å². The van der Waals surface area contributed by atoms with Crippen LogP contribution in [-0.4, -0.2) is 40.2 Å². The highest BCUT2D eigenvalue weighted by molar-refractivity contribution is 5.76. The summed E-state index contributed by atoms with van der Waals surface area (Å²) < 4.78 is 1.75. The van der Waals surface area contributed by atoms with E-state index < -0.39 is 0 Å². The smallest absolute Gasteiger partial charge is 0.224 e. The van der Waals surface area contributed by atoms with Crippen molar-refractivity contribution in [2.24, 2.45) is 5.73 Å². The molecule has 84 valence electrons. The standard InChI is InChI=1S/C10H18N4O/c1-9(8-11)13(2)10(15)4-7-14-6-3-5-12-14/h3,5-6,9H,4,7-8,11H2,1-2H3. The highest BCUT2D eigenvalue weighted by Crippen LogP contribution is 1.99. The quantitative estimate of drug-likeness (QED) is 0.748. The van der Waals surface area contributed by atoms with Crippen LogP contribution in [0.3, 0.4) is 0 Å². The molecule has 0 saturated carbocycles. The number of rotatable bonds is 5. The van der Waals surface area contributed by atoms with Gasteiger partial charge in [0.25, 0.3) is 0 Å². The number of amides is 1. The van der Waals surface area contributed by atoms with Gasteiger partial charge in [0, 0.05) is 45.0 Å². The Kier molecular flexibility index (Phi) is 4.30. The molecule has 15 heavy (non-hydrogen) atoms. The summed E-state index contributed by atoms with van der Waals surface area (Å²) in [6.07, 6.45) is 4.01. The van der Waals surface area contributed by atoms with E-state index in [9.17, 15) is 4.79 Å². The van der Waals surface area contributed by atoms with Gasteiger partial charge in [-0.05, 0) is 13.0 Å². The van der Waals surface area contributed by atoms with Gasteiger partial charge in [-0.1, -0.05) is 0 Å². The van der Waals surface area contributed by atoms with Gasteiger partial charge in [0.2, 0.25) is 5.91 Å². The van der Waals surface area contributed by atoms with E-state index in [0.717, 1.165) is 0 Å². The lowest BCUT2D eigenvalue weighted by Crippen LogP contribution is -2.40. The molecule has 5 heteroatoms. The van der Waals surface area contributed by atoms with Crippen LogP contribution in [0.1, 0.15) is 13.3 Å². The fourth-order valence-electron chi connectivity index (χ4n) is 1.22. The van der Waals surface area contributed by atoms with Crippen molar-refractivity contribution in [1.29, 1.82) is 0 Å². The number of likely N-dealkylation sites (N-methyl/N-ethyl adjacent to an activating group) is 1. The summed E-state index contributed by atoms with van der Waals surface area (Å²) in [4.78, 5) is 13.4. The maximum atomic E-state index is 11.7. The van der Waals surface area contributed by atoms with Crippen LogP contribution in [0.4, 0.5) is 0 Å². The minimum atomic E-state index is 0.0927. The van der Waals surface area contributed by atoms with Crippen LogP contribution in [0.5, 0.6) is 0 Å². The average molecular weight is 210 g/mol. The first kappa shape index (κ1) is 11.7. The third-order valence-electron chi connectivity index (χ3n) is 2.51. The minimum Gasteiger partial charge on any atom is -0.342 e. The number of carbonyl (C=O) groups is 1. The number of hydrogen-bond donors (Lipinski definition) is 1. The zero-order valence-corrected chi connectivity index (χ0v) is 9.26. The van der Waals surface area contributed by atoms with Crippen LogP contribution in [0.25, 0.3) is 0 Å². The number of aryl methyl sites for hydroxylation is 1. The molecule has 2 N–H and O–H groups in total. The second-order valence-corrected chi connectivity index (χ2v) is 3.61. The Labute approximate surface area is 89.9 Å². The molecule has 1 atom stereocenters. The van der Waals surface area contributed by atoms with E-state index in [1.165, 1.54) is 0 Å². The van der Waals surface area contributed by atoms with Gasteiger partial charge in [0.05, 0.1) is 0 Å². The Hall–Kier alpha value is -1.36. The van der Waals surface area contributed by atoms with E-state index >= 15 is 0 Å². The molecular weight excluding hydrogens is 192 g/mol. The third kappa shape index (κ3) is 3.36. The van der Waals surface area contributed by atoms with Gasteiger partial charge in [-0.25, -0.2) is 0 Å². The summed E-state index contributed by atoms with van der Waals surface area (Å²) >= 11 is 0. The number of nitrogens with zero attached hydrogens (tertiary/aromatic N) is 3. The predicted molar refractivity (Wildman–Crippen MR) is 58.1 cm³/mol. The van der Waals surface area contributed by atoms with Gasteiger partial charge >= 0.3 is 0 Å². The molecule has 0 saturated heterocycles. The lowest BCUT2D eigenvalue weighted by Gasteiger charge is -2.23. The molecule has 0 fully saturated rings. The first-order valence-electron chi connectivity index (χ1n) is 5.08. The first-order valence-corrected chi connectivity index (χ1v) is 5.08. The van der Waals surface area contributed by atoms with Crippen molar-refractivity contribution in [3.8, 4) is 0 Å². The predicted octanol–water partition coefficient (Wildman–Crippen LogP) is 0.0788. The monoisotopic (exact) mass is 210 g/mol. The molecule has 0 aromatic carbocycles. The van der Waals surface area contributed by atoms with Crippen molar-refractivity contribution in [2.45, 2.75) is 25.9 Å². The summed E-state index contributed by atoms with van der Waals surface area (Å²) in [5.74, 6) is 0.100. The first-order chi connectivity index (χ1) is 7.15. The second kappa shape index (κ2) is 5.50. The van der Waals surface area contributed by atoms with Crippen LogP contribution >= 0.6 is 0 Å². The van der Waals surface area contributed by atoms with E-state index in [-0.39, 0.29) is 11.9 Å². The van der Waals surface area contributed by atoms with Crippen molar-refractivity contribution in [3.05, 3.63) is 18.5 Å². The van der Waals surface area contributed by atoms with Gasteiger partial charge < -0.3 is 10.6 Å². The minimum absolute atomic E-state index is 0.0927. The molecule has 1 aromatic rings. The Morgan fingerprint density at radius 1 is 1.67 bits per heavy atom. The van der Waals surface area contributed by atoms with Gasteiger partial charge in [0.1, 0.15) is 0 Å². The largest absolute Gasteiger partial charge is 0.342 e. The van der Waals surface area contributed by atoms with E-state index in [0.29, 0.717) is 19.5 Å². The van der Waals surface area contributed by atoms with Gasteiger partial charge in [-0.15, -0.1) is 0 Å². The molecule has 0 aliphatic carbocycles. The van der Waals surface area contributed by atoms with E-state index in [1.807, 2.05) is 19.2 Å². The highest BCUT2D eigenvalue weighted by Gasteiger charge is 2.13. The maximum absolute atomic E-state index is 11.7. The fourth-order valence-corrected chi connectivity index (χ4v) is 1.22. The van der Waals surface area contributed by atoms with E-state index in [2.05, 4.69) is 5.10 Å². The van der Waals surface area contributed by atoms with Crippen molar-refractivity contribution < 1.29 is 4.79 Å². The highest BCUT2D eigenvalue weighted by atomic mass is 16.2. The van der Waals surface area contributed by atoms with Crippen molar-refractivity contribution >= 4 is 5.91 Å². The fraction of sp³-hybridized carbons (Fsp3) is 0.600. The summed E-state index contributed by atoms with van der Waals surface area (Å²) in [6, 6.07) is 1.94. The third-order valence-corrected chi connectivity index (χ3v) is 2.51. The number of nitrogens with two attached hydrogens (primary N) is 1. The van der Waals surface area contributed by atoms with Crippen LogP contribution in [0, 0.1) is 0 Å². The van der Waals surface area contributed by atoms with E-state index in [1.54, 1.807) is 22.8 Å². The number of hydrogen-bond acceptors (Lipinski definition) is 3. The Bertz CT molecular complexity index is 296. The van der Waals surface area contributed by atoms with Gasteiger partial charge in [0.15, 0.2) is 0 Å². The molecule has 1 amide bonds.